The Labute approximate surface area is 146 Å². The molecule has 5 heteroatoms. The number of benzene rings is 2. The minimum atomic E-state index is 0.940. The number of para-hydroxylation sites is 3. The van der Waals surface area contributed by atoms with Crippen molar-refractivity contribution in [3.8, 4) is 0 Å². The first kappa shape index (κ1) is 15.4. The van der Waals surface area contributed by atoms with E-state index in [0.717, 1.165) is 41.4 Å². The van der Waals surface area contributed by atoms with Gasteiger partial charge in [-0.05, 0) is 51.3 Å². The molecule has 4 rings (SSSR count). The second-order valence-electron chi connectivity index (χ2n) is 6.22. The number of anilines is 2. The van der Waals surface area contributed by atoms with Crippen LogP contribution < -0.4 is 4.90 Å². The Kier molecular flexibility index (Phi) is 4.12. The molecule has 0 saturated carbocycles. The van der Waals surface area contributed by atoms with Gasteiger partial charge in [-0.15, -0.1) is 0 Å². The van der Waals surface area contributed by atoms with Crippen molar-refractivity contribution in [2.45, 2.75) is 16.3 Å². The van der Waals surface area contributed by atoms with E-state index < -0.39 is 0 Å². The summed E-state index contributed by atoms with van der Waals surface area (Å²) in [5.41, 5.74) is 3.14. The predicted molar refractivity (Wildman–Crippen MR) is 100 cm³/mol. The first-order valence-corrected chi connectivity index (χ1v) is 9.00. The van der Waals surface area contributed by atoms with E-state index in [2.05, 4.69) is 48.2 Å². The van der Waals surface area contributed by atoms with Crippen molar-refractivity contribution in [2.24, 2.45) is 0 Å². The lowest BCUT2D eigenvalue weighted by Gasteiger charge is -2.31. The topological polar surface area (TPSA) is 32.3 Å². The lowest BCUT2D eigenvalue weighted by Crippen LogP contribution is -2.26. The van der Waals surface area contributed by atoms with E-state index in [1.54, 1.807) is 11.8 Å². The third kappa shape index (κ3) is 2.85. The van der Waals surface area contributed by atoms with Gasteiger partial charge in [0.15, 0.2) is 5.82 Å². The predicted octanol–water partition coefficient (Wildman–Crippen LogP) is 4.18. The Morgan fingerprint density at radius 2 is 1.67 bits per heavy atom. The van der Waals surface area contributed by atoms with Crippen LogP contribution in [0.2, 0.25) is 0 Å². The molecule has 2 heterocycles. The van der Waals surface area contributed by atoms with Crippen molar-refractivity contribution >= 4 is 34.3 Å². The number of fused-ring (bicyclic) bond motifs is 3. The number of hydrogen-bond donors (Lipinski definition) is 0. The van der Waals surface area contributed by atoms with Gasteiger partial charge in [-0.2, -0.15) is 0 Å². The van der Waals surface area contributed by atoms with Crippen LogP contribution in [0.4, 0.5) is 11.5 Å². The highest BCUT2D eigenvalue weighted by atomic mass is 32.2. The van der Waals surface area contributed by atoms with Crippen molar-refractivity contribution < 1.29 is 0 Å². The second-order valence-corrected chi connectivity index (χ2v) is 7.25. The normalized spacial score (nSPS) is 13.2. The molecule has 3 aromatic rings. The van der Waals surface area contributed by atoms with E-state index in [1.165, 1.54) is 10.6 Å². The van der Waals surface area contributed by atoms with Gasteiger partial charge in [0.2, 0.25) is 0 Å². The minimum absolute atomic E-state index is 0.940. The fourth-order valence-electron chi connectivity index (χ4n) is 2.97. The molecule has 0 unspecified atom stereocenters. The van der Waals surface area contributed by atoms with Crippen LogP contribution in [0.3, 0.4) is 0 Å². The second kappa shape index (κ2) is 6.42. The number of aromatic nitrogens is 2. The lowest BCUT2D eigenvalue weighted by atomic mass is 10.2. The number of nitrogens with zero attached hydrogens (tertiary/aromatic N) is 4. The van der Waals surface area contributed by atoms with Crippen LogP contribution >= 0.6 is 11.8 Å². The number of hydrogen-bond acceptors (Lipinski definition) is 5. The Balaban J connectivity index is 1.78. The molecule has 0 saturated heterocycles. The van der Waals surface area contributed by atoms with Crippen molar-refractivity contribution in [3.63, 3.8) is 0 Å². The van der Waals surface area contributed by atoms with Gasteiger partial charge in [-0.25, -0.2) is 9.97 Å². The average molecular weight is 336 g/mol. The lowest BCUT2D eigenvalue weighted by molar-refractivity contribution is 0.402. The van der Waals surface area contributed by atoms with Crippen molar-refractivity contribution in [1.82, 2.24) is 14.9 Å². The van der Waals surface area contributed by atoms with Gasteiger partial charge in [-0.1, -0.05) is 36.0 Å². The molecule has 0 atom stereocenters. The molecule has 0 amide bonds. The third-order valence-electron chi connectivity index (χ3n) is 4.13. The summed E-state index contributed by atoms with van der Waals surface area (Å²) in [4.78, 5) is 15.6. The van der Waals surface area contributed by atoms with Crippen LogP contribution in [-0.2, 0) is 0 Å². The molecular weight excluding hydrogens is 316 g/mol. The molecule has 4 nitrogen and oxygen atoms in total. The van der Waals surface area contributed by atoms with E-state index in [4.69, 9.17) is 9.97 Å². The third-order valence-corrected chi connectivity index (χ3v) is 5.16. The Hall–Kier alpha value is -2.11. The summed E-state index contributed by atoms with van der Waals surface area (Å²) in [7, 11) is 4.22. The zero-order chi connectivity index (χ0) is 16.5. The van der Waals surface area contributed by atoms with E-state index >= 15 is 0 Å². The van der Waals surface area contributed by atoms with Gasteiger partial charge in [0.05, 0.1) is 16.7 Å². The zero-order valence-corrected chi connectivity index (χ0v) is 14.8. The molecule has 1 aliphatic rings. The Bertz CT molecular complexity index is 878. The Morgan fingerprint density at radius 1 is 0.958 bits per heavy atom. The average Bonchev–Trinajstić information content (AvgIpc) is 2.59. The van der Waals surface area contributed by atoms with Crippen LogP contribution in [0.1, 0.15) is 6.42 Å². The summed E-state index contributed by atoms with van der Waals surface area (Å²) in [6.45, 7) is 2.00. The largest absolute Gasteiger partial charge is 0.323 e. The maximum atomic E-state index is 4.92. The van der Waals surface area contributed by atoms with E-state index in [9.17, 15) is 0 Å². The van der Waals surface area contributed by atoms with Gasteiger partial charge >= 0.3 is 0 Å². The summed E-state index contributed by atoms with van der Waals surface area (Å²) in [6.07, 6.45) is 1.08. The Morgan fingerprint density at radius 3 is 2.46 bits per heavy atom. The van der Waals surface area contributed by atoms with Gasteiger partial charge < -0.3 is 9.80 Å². The summed E-state index contributed by atoms with van der Waals surface area (Å²) in [5, 5.41) is 0.997. The summed E-state index contributed by atoms with van der Waals surface area (Å²) in [5.74, 6) is 0.983. The molecule has 0 aliphatic carbocycles. The van der Waals surface area contributed by atoms with Gasteiger partial charge in [0.25, 0.3) is 0 Å². The first-order valence-electron chi connectivity index (χ1n) is 8.18. The molecule has 0 N–H and O–H groups in total. The minimum Gasteiger partial charge on any atom is -0.323 e. The molecule has 0 spiro atoms. The molecule has 1 aromatic heterocycles. The van der Waals surface area contributed by atoms with E-state index in [1.807, 2.05) is 24.3 Å². The van der Waals surface area contributed by atoms with Crippen LogP contribution in [0.5, 0.6) is 0 Å². The molecule has 0 radical (unpaired) electrons. The molecule has 122 valence electrons. The fourth-order valence-corrected chi connectivity index (χ4v) is 4.00. The van der Waals surface area contributed by atoms with Crippen LogP contribution in [-0.4, -0.2) is 42.1 Å². The molecule has 2 aromatic carbocycles. The molecule has 24 heavy (non-hydrogen) atoms. The molecular formula is C19H20N4S. The quantitative estimate of drug-likeness (QED) is 0.713. The number of rotatable bonds is 4. The highest BCUT2D eigenvalue weighted by molar-refractivity contribution is 7.99. The summed E-state index contributed by atoms with van der Waals surface area (Å²) in [6, 6.07) is 16.6. The van der Waals surface area contributed by atoms with Crippen molar-refractivity contribution in [1.29, 1.82) is 0 Å². The van der Waals surface area contributed by atoms with E-state index in [0.29, 0.717) is 0 Å². The summed E-state index contributed by atoms with van der Waals surface area (Å²) >= 11 is 1.72. The van der Waals surface area contributed by atoms with Crippen molar-refractivity contribution in [3.05, 3.63) is 48.5 Å². The maximum absolute atomic E-state index is 4.92. The summed E-state index contributed by atoms with van der Waals surface area (Å²) < 4.78 is 0. The van der Waals surface area contributed by atoms with Gasteiger partial charge in [0.1, 0.15) is 5.03 Å². The monoisotopic (exact) mass is 336 g/mol. The standard InChI is InChI=1S/C19H20N4S/c1-22(2)12-7-13-23-16-10-5-6-11-17(16)24-19-18(23)20-14-8-3-4-9-15(14)21-19/h3-6,8-11H,7,12-13H2,1-2H3. The zero-order valence-electron chi connectivity index (χ0n) is 13.9. The molecule has 0 bridgehead atoms. The fraction of sp³-hybridized carbons (Fsp3) is 0.263. The maximum Gasteiger partial charge on any atom is 0.166 e. The van der Waals surface area contributed by atoms with Gasteiger partial charge in [0, 0.05) is 11.4 Å². The molecule has 0 fully saturated rings. The first-order chi connectivity index (χ1) is 11.7. The van der Waals surface area contributed by atoms with Crippen molar-refractivity contribution in [2.75, 3.05) is 32.1 Å². The van der Waals surface area contributed by atoms with Crippen LogP contribution in [0.25, 0.3) is 11.0 Å². The van der Waals surface area contributed by atoms with Gasteiger partial charge in [-0.3, -0.25) is 0 Å². The van der Waals surface area contributed by atoms with Crippen LogP contribution in [0.15, 0.2) is 58.5 Å². The SMILES string of the molecule is CN(C)CCCN1c2ccccc2Sc2nc3ccccc3nc21. The highest BCUT2D eigenvalue weighted by Gasteiger charge is 2.25. The van der Waals surface area contributed by atoms with Crippen LogP contribution in [0, 0.1) is 0 Å². The van der Waals surface area contributed by atoms with E-state index in [-0.39, 0.29) is 0 Å². The smallest absolute Gasteiger partial charge is 0.166 e. The molecule has 1 aliphatic heterocycles. The highest BCUT2D eigenvalue weighted by Crippen LogP contribution is 2.46.